The van der Waals surface area contributed by atoms with Crippen LogP contribution in [0.1, 0.15) is 11.1 Å². The van der Waals surface area contributed by atoms with E-state index in [1.54, 1.807) is 26.4 Å². The van der Waals surface area contributed by atoms with Crippen molar-refractivity contribution in [3.05, 3.63) is 53.3 Å². The molecule has 0 amide bonds. The van der Waals surface area contributed by atoms with Gasteiger partial charge in [-0.05, 0) is 35.4 Å². The maximum Gasteiger partial charge on any atom is 0.189 e. The van der Waals surface area contributed by atoms with E-state index >= 15 is 0 Å². The third-order valence-electron chi connectivity index (χ3n) is 3.57. The normalized spacial score (nSPS) is 10.7. The number of hydrogen-bond acceptors (Lipinski definition) is 4. The second-order valence-electron chi connectivity index (χ2n) is 5.21. The summed E-state index contributed by atoms with van der Waals surface area (Å²) in [6.45, 7) is 0.748. The van der Waals surface area contributed by atoms with Crippen LogP contribution in [0.3, 0.4) is 0 Å². The van der Waals surface area contributed by atoms with Crippen molar-refractivity contribution in [2.45, 2.75) is 13.1 Å². The molecule has 2 aromatic rings. The van der Waals surface area contributed by atoms with E-state index < -0.39 is 5.82 Å². The summed E-state index contributed by atoms with van der Waals surface area (Å²) in [5.41, 5.74) is 7.52. The van der Waals surface area contributed by atoms with E-state index in [2.05, 4.69) is 10.3 Å². The Bertz CT molecular complexity index is 756. The summed E-state index contributed by atoms with van der Waals surface area (Å²) in [4.78, 5) is 4.20. The van der Waals surface area contributed by atoms with Crippen LogP contribution in [0.15, 0.2) is 41.4 Å². The highest BCUT2D eigenvalue weighted by Crippen LogP contribution is 2.27. The molecule has 142 valence electrons. The van der Waals surface area contributed by atoms with Crippen LogP contribution in [-0.2, 0) is 13.1 Å². The van der Waals surface area contributed by atoms with Crippen molar-refractivity contribution in [1.82, 2.24) is 5.32 Å². The summed E-state index contributed by atoms with van der Waals surface area (Å²) >= 11 is 0. The number of hydrogen-bond donors (Lipinski definition) is 2. The first-order valence-electron chi connectivity index (χ1n) is 7.64. The lowest BCUT2D eigenvalue weighted by Crippen LogP contribution is -2.31. The number of nitrogens with one attached hydrogen (secondary N) is 1. The molecule has 8 heteroatoms. The molecule has 0 atom stereocenters. The molecule has 0 unspecified atom stereocenters. The fraction of sp³-hybridized carbons (Fsp3) is 0.278. The average molecular weight is 475 g/mol. The number of rotatable bonds is 7. The first kappa shape index (κ1) is 21.8. The Morgan fingerprint density at radius 1 is 0.962 bits per heavy atom. The van der Waals surface area contributed by atoms with Crippen LogP contribution >= 0.6 is 24.0 Å². The van der Waals surface area contributed by atoms with Gasteiger partial charge in [0, 0.05) is 6.54 Å². The Balaban J connectivity index is 0.00000338. The first-order valence-corrected chi connectivity index (χ1v) is 7.64. The van der Waals surface area contributed by atoms with Crippen molar-refractivity contribution in [1.29, 1.82) is 0 Å². The Kier molecular flexibility index (Phi) is 8.97. The van der Waals surface area contributed by atoms with Gasteiger partial charge in [0.2, 0.25) is 0 Å². The minimum absolute atomic E-state index is 0. The molecule has 0 spiro atoms. The zero-order valence-electron chi connectivity index (χ0n) is 14.9. The van der Waals surface area contributed by atoms with Crippen molar-refractivity contribution >= 4 is 29.9 Å². The molecule has 0 aliphatic rings. The summed E-state index contributed by atoms with van der Waals surface area (Å²) in [5, 5.41) is 3.01. The van der Waals surface area contributed by atoms with Gasteiger partial charge in [0.25, 0.3) is 0 Å². The molecule has 0 bridgehead atoms. The molecule has 2 rings (SSSR count). The number of guanidine groups is 1. The van der Waals surface area contributed by atoms with Crippen LogP contribution in [0.2, 0.25) is 0 Å². The number of nitrogens with two attached hydrogens (primary N) is 1. The average Bonchev–Trinajstić information content (AvgIpc) is 2.64. The van der Waals surface area contributed by atoms with Gasteiger partial charge in [0.15, 0.2) is 29.0 Å². The Morgan fingerprint density at radius 2 is 1.58 bits per heavy atom. The molecule has 0 fully saturated rings. The van der Waals surface area contributed by atoms with Gasteiger partial charge in [-0.25, -0.2) is 9.38 Å². The van der Waals surface area contributed by atoms with Crippen molar-refractivity contribution in [3.8, 4) is 17.2 Å². The highest BCUT2D eigenvalue weighted by Gasteiger charge is 2.05. The largest absolute Gasteiger partial charge is 0.494 e. The maximum atomic E-state index is 13.6. The monoisotopic (exact) mass is 475 g/mol. The first-order chi connectivity index (χ1) is 12.1. The minimum atomic E-state index is -0.424. The standard InChI is InChI=1S/C18H22FN3O3.HI/c1-23-15-6-4-12(8-14(15)19)10-21-18(20)22-11-13-5-7-16(24-2)17(9-13)25-3;/h4-9H,10-11H2,1-3H3,(H3,20,21,22);1H. The van der Waals surface area contributed by atoms with Gasteiger partial charge in [0.1, 0.15) is 0 Å². The number of halogens is 2. The van der Waals surface area contributed by atoms with Gasteiger partial charge in [-0.1, -0.05) is 12.1 Å². The van der Waals surface area contributed by atoms with Gasteiger partial charge in [-0.3, -0.25) is 0 Å². The number of methoxy groups -OCH3 is 3. The van der Waals surface area contributed by atoms with E-state index in [1.807, 2.05) is 18.2 Å². The van der Waals surface area contributed by atoms with E-state index in [9.17, 15) is 4.39 Å². The quantitative estimate of drug-likeness (QED) is 0.366. The molecular weight excluding hydrogens is 452 g/mol. The molecule has 2 aromatic carbocycles. The number of benzene rings is 2. The minimum Gasteiger partial charge on any atom is -0.494 e. The van der Waals surface area contributed by atoms with Gasteiger partial charge in [-0.15, -0.1) is 24.0 Å². The van der Waals surface area contributed by atoms with Crippen LogP contribution in [0.5, 0.6) is 17.2 Å². The van der Waals surface area contributed by atoms with E-state index in [1.165, 1.54) is 13.2 Å². The predicted octanol–water partition coefficient (Wildman–Crippen LogP) is 3.07. The molecular formula is C18H23FIN3O3. The third-order valence-corrected chi connectivity index (χ3v) is 3.57. The molecule has 0 radical (unpaired) electrons. The smallest absolute Gasteiger partial charge is 0.189 e. The molecule has 6 nitrogen and oxygen atoms in total. The number of nitrogens with zero attached hydrogens (tertiary/aromatic N) is 1. The van der Waals surface area contributed by atoms with Crippen molar-refractivity contribution < 1.29 is 18.6 Å². The number of ether oxygens (including phenoxy) is 3. The maximum absolute atomic E-state index is 13.6. The van der Waals surface area contributed by atoms with E-state index in [4.69, 9.17) is 19.9 Å². The Morgan fingerprint density at radius 3 is 2.19 bits per heavy atom. The second kappa shape index (κ2) is 10.7. The predicted molar refractivity (Wildman–Crippen MR) is 110 cm³/mol. The van der Waals surface area contributed by atoms with Crippen LogP contribution < -0.4 is 25.3 Å². The molecule has 0 heterocycles. The highest BCUT2D eigenvalue weighted by atomic mass is 127. The molecule has 0 aromatic heterocycles. The molecule has 0 saturated heterocycles. The SMILES string of the molecule is COc1ccc(CN=C(N)NCc2ccc(OC)c(OC)c2)cc1F.I. The van der Waals surface area contributed by atoms with Gasteiger partial charge in [0.05, 0.1) is 27.9 Å². The summed E-state index contributed by atoms with van der Waals surface area (Å²) in [6.07, 6.45) is 0. The fourth-order valence-corrected chi connectivity index (χ4v) is 2.22. The second-order valence-corrected chi connectivity index (χ2v) is 5.21. The third kappa shape index (κ3) is 5.94. The van der Waals surface area contributed by atoms with Gasteiger partial charge >= 0.3 is 0 Å². The highest BCUT2D eigenvalue weighted by molar-refractivity contribution is 14.0. The molecule has 3 N–H and O–H groups in total. The molecule has 0 saturated carbocycles. The summed E-state index contributed by atoms with van der Waals surface area (Å²) in [7, 11) is 4.59. The number of aliphatic imine (C=N–C) groups is 1. The molecule has 0 aliphatic carbocycles. The summed E-state index contributed by atoms with van der Waals surface area (Å²) in [6, 6.07) is 10.3. The molecule has 26 heavy (non-hydrogen) atoms. The fourth-order valence-electron chi connectivity index (χ4n) is 2.22. The van der Waals surface area contributed by atoms with Gasteiger partial charge in [-0.2, -0.15) is 0 Å². The van der Waals surface area contributed by atoms with Crippen LogP contribution in [0, 0.1) is 5.82 Å². The summed E-state index contributed by atoms with van der Waals surface area (Å²) in [5.74, 6) is 1.35. The van der Waals surface area contributed by atoms with Crippen molar-refractivity contribution in [2.75, 3.05) is 21.3 Å². The van der Waals surface area contributed by atoms with Crippen LogP contribution in [0.4, 0.5) is 4.39 Å². The lowest BCUT2D eigenvalue weighted by atomic mass is 10.2. The van der Waals surface area contributed by atoms with Crippen molar-refractivity contribution in [2.24, 2.45) is 10.7 Å². The lowest BCUT2D eigenvalue weighted by Gasteiger charge is -2.10. The van der Waals surface area contributed by atoms with Gasteiger partial charge < -0.3 is 25.3 Å². The van der Waals surface area contributed by atoms with Crippen LogP contribution in [0.25, 0.3) is 0 Å². The van der Waals surface area contributed by atoms with E-state index in [0.29, 0.717) is 23.6 Å². The van der Waals surface area contributed by atoms with E-state index in [-0.39, 0.29) is 42.2 Å². The Hall–Kier alpha value is -2.23. The van der Waals surface area contributed by atoms with E-state index in [0.717, 1.165) is 5.56 Å². The van der Waals surface area contributed by atoms with Crippen LogP contribution in [-0.4, -0.2) is 27.3 Å². The van der Waals surface area contributed by atoms with Crippen molar-refractivity contribution in [3.63, 3.8) is 0 Å². The zero-order chi connectivity index (χ0) is 18.2. The lowest BCUT2D eigenvalue weighted by molar-refractivity contribution is 0.354. The summed E-state index contributed by atoms with van der Waals surface area (Å²) < 4.78 is 29.0. The molecule has 0 aliphatic heterocycles. The topological polar surface area (TPSA) is 78.1 Å². The zero-order valence-corrected chi connectivity index (χ0v) is 17.2. The Labute approximate surface area is 169 Å².